The lowest BCUT2D eigenvalue weighted by Gasteiger charge is -2.11. The lowest BCUT2D eigenvalue weighted by atomic mass is 10.2. The number of hydrogen-bond donors (Lipinski definition) is 2. The van der Waals surface area contributed by atoms with Crippen molar-refractivity contribution < 1.29 is 22.7 Å². The molecule has 2 aromatic rings. The number of methoxy groups -OCH3 is 1. The normalized spacial score (nSPS) is 16.2. The highest BCUT2D eigenvalue weighted by atomic mass is 32.2. The monoisotopic (exact) mass is 448 g/mol. The predicted molar refractivity (Wildman–Crippen MR) is 117 cm³/mol. The van der Waals surface area contributed by atoms with E-state index < -0.39 is 9.84 Å². The molecule has 2 N–H and O–H groups in total. The third kappa shape index (κ3) is 5.76. The van der Waals surface area contributed by atoms with Crippen LogP contribution in [0.3, 0.4) is 0 Å². The van der Waals surface area contributed by atoms with Crippen molar-refractivity contribution in [3.8, 4) is 5.75 Å². The van der Waals surface area contributed by atoms with E-state index in [2.05, 4.69) is 10.6 Å². The summed E-state index contributed by atoms with van der Waals surface area (Å²) in [5.41, 5.74) is 1.36. The van der Waals surface area contributed by atoms with Gasteiger partial charge in [-0.25, -0.2) is 8.42 Å². The maximum Gasteiger partial charge on any atom is 0.225 e. The Kier molecular flexibility index (Phi) is 7.04. The molecule has 0 saturated carbocycles. The van der Waals surface area contributed by atoms with Crippen molar-refractivity contribution in [2.24, 2.45) is 0 Å². The zero-order chi connectivity index (χ0) is 21.7. The Balaban J connectivity index is 1.61. The van der Waals surface area contributed by atoms with E-state index in [0.29, 0.717) is 17.9 Å². The summed E-state index contributed by atoms with van der Waals surface area (Å²) in [5, 5.41) is 5.60. The number of thioether (sulfide) groups is 1. The van der Waals surface area contributed by atoms with E-state index in [1.807, 2.05) is 19.1 Å². The van der Waals surface area contributed by atoms with Gasteiger partial charge < -0.3 is 15.4 Å². The van der Waals surface area contributed by atoms with E-state index >= 15 is 0 Å². The van der Waals surface area contributed by atoms with E-state index in [1.54, 1.807) is 25.3 Å². The number of benzene rings is 2. The Labute approximate surface area is 180 Å². The lowest BCUT2D eigenvalue weighted by Crippen LogP contribution is -2.25. The third-order valence-corrected chi connectivity index (χ3v) is 7.50. The molecule has 1 aliphatic rings. The number of hydrogen-bond acceptors (Lipinski definition) is 6. The number of nitrogens with one attached hydrogen (secondary N) is 2. The number of rotatable bonds is 7. The molecule has 3 rings (SSSR count). The summed E-state index contributed by atoms with van der Waals surface area (Å²) in [7, 11) is -2.10. The average molecular weight is 449 g/mol. The third-order valence-electron chi connectivity index (χ3n) is 4.61. The summed E-state index contributed by atoms with van der Waals surface area (Å²) in [6.45, 7) is 2.24. The van der Waals surface area contributed by atoms with Gasteiger partial charge in [-0.2, -0.15) is 0 Å². The smallest absolute Gasteiger partial charge is 0.225 e. The summed E-state index contributed by atoms with van der Waals surface area (Å²) in [6, 6.07) is 12.0. The highest BCUT2D eigenvalue weighted by Gasteiger charge is 2.22. The molecule has 0 fully saturated rings. The number of sulfone groups is 1. The van der Waals surface area contributed by atoms with Crippen LogP contribution in [0.1, 0.15) is 25.3 Å². The minimum Gasteiger partial charge on any atom is -0.497 e. The number of fused-ring (bicyclic) bond motifs is 1. The fraction of sp³-hybridized carbons (Fsp3) is 0.333. The number of carbonyl (C=O) groups is 2. The fourth-order valence-electron chi connectivity index (χ4n) is 3.04. The van der Waals surface area contributed by atoms with Crippen LogP contribution in [0.4, 0.5) is 5.69 Å². The first kappa shape index (κ1) is 22.2. The molecule has 7 nitrogen and oxygen atoms in total. The van der Waals surface area contributed by atoms with E-state index in [1.165, 1.54) is 23.9 Å². The molecular formula is C21H24N2O5S2. The Morgan fingerprint density at radius 2 is 2.07 bits per heavy atom. The lowest BCUT2D eigenvalue weighted by molar-refractivity contribution is -0.121. The molecule has 0 unspecified atom stereocenters. The minimum absolute atomic E-state index is 0.0947. The molecule has 1 aliphatic heterocycles. The average Bonchev–Trinajstić information content (AvgIpc) is 2.86. The van der Waals surface area contributed by atoms with Crippen LogP contribution >= 0.6 is 11.8 Å². The Morgan fingerprint density at radius 3 is 2.83 bits per heavy atom. The Bertz CT molecular complexity index is 1050. The van der Waals surface area contributed by atoms with Crippen LogP contribution in [0.2, 0.25) is 0 Å². The molecule has 1 atom stereocenters. The van der Waals surface area contributed by atoms with Gasteiger partial charge >= 0.3 is 0 Å². The van der Waals surface area contributed by atoms with Gasteiger partial charge in [0.1, 0.15) is 5.75 Å². The molecule has 160 valence electrons. The zero-order valence-electron chi connectivity index (χ0n) is 16.8. The van der Waals surface area contributed by atoms with Crippen molar-refractivity contribution in [3.63, 3.8) is 0 Å². The maximum atomic E-state index is 12.7. The van der Waals surface area contributed by atoms with E-state index in [9.17, 15) is 18.0 Å². The van der Waals surface area contributed by atoms with Gasteiger partial charge in [0.25, 0.3) is 0 Å². The summed E-state index contributed by atoms with van der Waals surface area (Å²) < 4.78 is 30.5. The predicted octanol–water partition coefficient (Wildman–Crippen LogP) is 3.00. The van der Waals surface area contributed by atoms with Gasteiger partial charge in [-0.15, -0.1) is 11.8 Å². The van der Waals surface area contributed by atoms with Crippen molar-refractivity contribution in [2.45, 2.75) is 41.4 Å². The maximum absolute atomic E-state index is 12.7. The van der Waals surface area contributed by atoms with Gasteiger partial charge in [-0.1, -0.05) is 19.1 Å². The quantitative estimate of drug-likeness (QED) is 0.675. The van der Waals surface area contributed by atoms with Gasteiger partial charge in [-0.3, -0.25) is 9.59 Å². The SMILES string of the molecule is COc1cccc(CNC(=O)CCS(=O)(=O)c2ccc3c(c2)NC(=O)C[C@H](C)S3)c1. The minimum atomic E-state index is -3.67. The highest BCUT2D eigenvalue weighted by molar-refractivity contribution is 8.00. The molecule has 0 spiro atoms. The van der Waals surface area contributed by atoms with Crippen LogP contribution < -0.4 is 15.4 Å². The molecular weight excluding hydrogens is 424 g/mol. The topological polar surface area (TPSA) is 102 Å². The zero-order valence-corrected chi connectivity index (χ0v) is 18.4. The van der Waals surface area contributed by atoms with E-state index in [0.717, 1.165) is 10.5 Å². The molecule has 1 heterocycles. The largest absolute Gasteiger partial charge is 0.497 e. The standard InChI is InChI=1S/C21H24N2O5S2/c1-14-10-21(25)23-18-12-17(6-7-19(18)29-14)30(26,27)9-8-20(24)22-13-15-4-3-5-16(11-15)28-2/h3-7,11-12,14H,8-10,13H2,1-2H3,(H,22,24)(H,23,25)/t14-/m0/s1. The Hall–Kier alpha value is -2.52. The molecule has 30 heavy (non-hydrogen) atoms. The van der Waals surface area contributed by atoms with Crippen LogP contribution in [0.5, 0.6) is 5.75 Å². The molecule has 0 aliphatic carbocycles. The van der Waals surface area contributed by atoms with Crippen LogP contribution in [-0.2, 0) is 26.0 Å². The molecule has 2 amide bonds. The summed E-state index contributed by atoms with van der Waals surface area (Å²) in [6.07, 6.45) is 0.219. The van der Waals surface area contributed by atoms with Crippen LogP contribution in [0.25, 0.3) is 0 Å². The van der Waals surface area contributed by atoms with Gasteiger partial charge in [-0.05, 0) is 35.9 Å². The van der Waals surface area contributed by atoms with Gasteiger partial charge in [0.05, 0.1) is 23.4 Å². The van der Waals surface area contributed by atoms with E-state index in [4.69, 9.17) is 4.74 Å². The highest BCUT2D eigenvalue weighted by Crippen LogP contribution is 2.36. The second kappa shape index (κ2) is 9.53. The molecule has 2 aromatic carbocycles. The molecule has 0 aromatic heterocycles. The van der Waals surface area contributed by atoms with Crippen LogP contribution in [0.15, 0.2) is 52.3 Å². The second-order valence-corrected chi connectivity index (χ2v) is 10.6. The summed E-state index contributed by atoms with van der Waals surface area (Å²) >= 11 is 1.53. The molecule has 9 heteroatoms. The first-order chi connectivity index (χ1) is 14.3. The van der Waals surface area contributed by atoms with Crippen LogP contribution in [-0.4, -0.2) is 38.3 Å². The van der Waals surface area contributed by atoms with Gasteiger partial charge in [0.2, 0.25) is 11.8 Å². The summed E-state index contributed by atoms with van der Waals surface area (Å²) in [5.74, 6) is -0.117. The first-order valence-electron chi connectivity index (χ1n) is 9.50. The number of ether oxygens (including phenoxy) is 1. The molecule has 0 radical (unpaired) electrons. The summed E-state index contributed by atoms with van der Waals surface area (Å²) in [4.78, 5) is 25.0. The van der Waals surface area contributed by atoms with Crippen molar-refractivity contribution in [1.82, 2.24) is 5.32 Å². The van der Waals surface area contributed by atoms with Gasteiger partial charge in [0.15, 0.2) is 9.84 Å². The molecule has 0 bridgehead atoms. The molecule has 0 saturated heterocycles. The number of anilines is 1. The van der Waals surface area contributed by atoms with Crippen molar-refractivity contribution in [2.75, 3.05) is 18.2 Å². The number of amides is 2. The Morgan fingerprint density at radius 1 is 1.27 bits per heavy atom. The number of carbonyl (C=O) groups excluding carboxylic acids is 2. The van der Waals surface area contributed by atoms with Crippen molar-refractivity contribution in [3.05, 3.63) is 48.0 Å². The van der Waals surface area contributed by atoms with E-state index in [-0.39, 0.29) is 40.7 Å². The fourth-order valence-corrected chi connectivity index (χ4v) is 5.35. The second-order valence-electron chi connectivity index (χ2n) is 7.04. The van der Waals surface area contributed by atoms with Crippen molar-refractivity contribution >= 4 is 39.1 Å². The van der Waals surface area contributed by atoms with Crippen LogP contribution in [0, 0.1) is 0 Å². The first-order valence-corrected chi connectivity index (χ1v) is 12.0. The van der Waals surface area contributed by atoms with Crippen molar-refractivity contribution in [1.29, 1.82) is 0 Å². The van der Waals surface area contributed by atoms with Gasteiger partial charge in [0, 0.05) is 29.5 Å².